The number of aryl methyl sites for hydroxylation is 2. The summed E-state index contributed by atoms with van der Waals surface area (Å²) in [5.41, 5.74) is 3.32. The van der Waals surface area contributed by atoms with E-state index < -0.39 is 9.84 Å². The Labute approximate surface area is 115 Å². The molecule has 1 aliphatic heterocycles. The molecular formula is C13H23N3O2S. The topological polar surface area (TPSA) is 64.0 Å². The fourth-order valence-electron chi connectivity index (χ4n) is 2.91. The predicted molar refractivity (Wildman–Crippen MR) is 75.9 cm³/mol. The van der Waals surface area contributed by atoms with E-state index in [1.54, 1.807) is 0 Å². The third kappa shape index (κ3) is 2.84. The fraction of sp³-hybridized carbons (Fsp3) is 0.769. The summed E-state index contributed by atoms with van der Waals surface area (Å²) in [6.45, 7) is 6.64. The molecule has 2 heterocycles. The number of nitrogens with one attached hydrogen (secondary N) is 1. The Kier molecular flexibility index (Phi) is 4.01. The van der Waals surface area contributed by atoms with Gasteiger partial charge in [0.2, 0.25) is 0 Å². The van der Waals surface area contributed by atoms with Crippen molar-refractivity contribution in [1.29, 1.82) is 0 Å². The molecule has 1 aliphatic rings. The first-order valence-electron chi connectivity index (χ1n) is 6.78. The smallest absolute Gasteiger partial charge is 0.154 e. The molecule has 0 aliphatic carbocycles. The lowest BCUT2D eigenvalue weighted by Gasteiger charge is -2.17. The second-order valence-corrected chi connectivity index (χ2v) is 7.87. The summed E-state index contributed by atoms with van der Waals surface area (Å²) in [5, 5.41) is 7.54. The van der Waals surface area contributed by atoms with Gasteiger partial charge >= 0.3 is 0 Å². The summed E-state index contributed by atoms with van der Waals surface area (Å²) in [4.78, 5) is 0. The highest BCUT2D eigenvalue weighted by atomic mass is 32.2. The zero-order valence-electron chi connectivity index (χ0n) is 12.1. The number of rotatable bonds is 4. The largest absolute Gasteiger partial charge is 0.309 e. The highest BCUT2D eigenvalue weighted by Crippen LogP contribution is 2.23. The highest BCUT2D eigenvalue weighted by molar-refractivity contribution is 7.92. The van der Waals surface area contributed by atoms with E-state index in [-0.39, 0.29) is 11.3 Å². The van der Waals surface area contributed by atoms with Crippen LogP contribution in [-0.2, 0) is 16.9 Å². The second kappa shape index (κ2) is 5.25. The van der Waals surface area contributed by atoms with Gasteiger partial charge in [0.05, 0.1) is 16.7 Å². The highest BCUT2D eigenvalue weighted by Gasteiger charge is 2.31. The number of sulfone groups is 1. The van der Waals surface area contributed by atoms with E-state index in [4.69, 9.17) is 0 Å². The fourth-order valence-corrected chi connectivity index (χ4v) is 4.69. The van der Waals surface area contributed by atoms with Gasteiger partial charge in [-0.25, -0.2) is 8.42 Å². The van der Waals surface area contributed by atoms with Crippen molar-refractivity contribution in [1.82, 2.24) is 15.1 Å². The van der Waals surface area contributed by atoms with Crippen LogP contribution in [0, 0.1) is 13.8 Å². The molecule has 1 fully saturated rings. The minimum Gasteiger partial charge on any atom is -0.309 e. The molecule has 19 heavy (non-hydrogen) atoms. The van der Waals surface area contributed by atoms with Crippen molar-refractivity contribution in [3.63, 3.8) is 0 Å². The van der Waals surface area contributed by atoms with Gasteiger partial charge in [-0.3, -0.25) is 4.68 Å². The Morgan fingerprint density at radius 3 is 2.63 bits per heavy atom. The SMILES string of the molecule is Cc1nn(C)c(C)c1C(C)NCC1CCCS1(=O)=O. The van der Waals surface area contributed by atoms with Crippen LogP contribution in [0.4, 0.5) is 0 Å². The Hall–Kier alpha value is -0.880. The molecule has 1 aromatic heterocycles. The molecule has 6 heteroatoms. The first-order valence-corrected chi connectivity index (χ1v) is 8.49. The van der Waals surface area contributed by atoms with Gasteiger partial charge in [0.15, 0.2) is 9.84 Å². The average Bonchev–Trinajstić information content (AvgIpc) is 2.77. The maximum absolute atomic E-state index is 11.8. The molecule has 0 radical (unpaired) electrons. The van der Waals surface area contributed by atoms with Gasteiger partial charge in [0.25, 0.3) is 0 Å². The molecule has 0 aromatic carbocycles. The van der Waals surface area contributed by atoms with Crippen LogP contribution < -0.4 is 5.32 Å². The van der Waals surface area contributed by atoms with E-state index in [1.807, 2.05) is 25.6 Å². The summed E-state index contributed by atoms with van der Waals surface area (Å²) in [5.74, 6) is 0.346. The van der Waals surface area contributed by atoms with Gasteiger partial charge in [-0.05, 0) is 33.6 Å². The molecule has 2 rings (SSSR count). The number of aromatic nitrogens is 2. The van der Waals surface area contributed by atoms with Gasteiger partial charge in [-0.1, -0.05) is 0 Å². The third-order valence-corrected chi connectivity index (χ3v) is 6.39. The summed E-state index contributed by atoms with van der Waals surface area (Å²) in [7, 11) is -0.933. The number of hydrogen-bond donors (Lipinski definition) is 1. The standard InChI is InChI=1S/C13H23N3O2S/c1-9(13-10(2)15-16(4)11(13)3)14-8-12-6-5-7-19(12,17)18/h9,12,14H,5-8H2,1-4H3. The molecule has 1 aromatic rings. The molecule has 1 N–H and O–H groups in total. The molecule has 108 valence electrons. The molecule has 0 bridgehead atoms. The van der Waals surface area contributed by atoms with Gasteiger partial charge in [-0.2, -0.15) is 5.10 Å². The number of hydrogen-bond acceptors (Lipinski definition) is 4. The lowest BCUT2D eigenvalue weighted by molar-refractivity contribution is 0.535. The van der Waals surface area contributed by atoms with Crippen molar-refractivity contribution in [2.45, 2.75) is 44.9 Å². The Morgan fingerprint density at radius 2 is 2.16 bits per heavy atom. The average molecular weight is 285 g/mol. The Bertz CT molecular complexity index is 563. The van der Waals surface area contributed by atoms with Crippen molar-refractivity contribution in [3.8, 4) is 0 Å². The Morgan fingerprint density at radius 1 is 1.47 bits per heavy atom. The molecule has 0 amide bonds. The summed E-state index contributed by atoms with van der Waals surface area (Å²) in [6, 6.07) is 0.129. The van der Waals surface area contributed by atoms with Crippen LogP contribution in [0.5, 0.6) is 0 Å². The monoisotopic (exact) mass is 285 g/mol. The van der Waals surface area contributed by atoms with E-state index in [9.17, 15) is 8.42 Å². The van der Waals surface area contributed by atoms with Crippen LogP contribution in [0.3, 0.4) is 0 Å². The first kappa shape index (κ1) is 14.5. The molecule has 5 nitrogen and oxygen atoms in total. The van der Waals surface area contributed by atoms with E-state index in [2.05, 4.69) is 17.3 Å². The zero-order chi connectivity index (χ0) is 14.2. The van der Waals surface area contributed by atoms with Crippen LogP contribution in [0.25, 0.3) is 0 Å². The third-order valence-electron chi connectivity index (χ3n) is 4.11. The lowest BCUT2D eigenvalue weighted by atomic mass is 10.1. The summed E-state index contributed by atoms with van der Waals surface area (Å²) in [6.07, 6.45) is 1.58. The van der Waals surface area contributed by atoms with E-state index in [0.717, 1.165) is 24.2 Å². The normalized spacial score (nSPS) is 23.7. The van der Waals surface area contributed by atoms with Crippen LogP contribution in [0.1, 0.15) is 42.8 Å². The molecule has 1 saturated heterocycles. The van der Waals surface area contributed by atoms with Crippen molar-refractivity contribution < 1.29 is 8.42 Å². The van der Waals surface area contributed by atoms with Gasteiger partial charge in [0, 0.05) is 30.9 Å². The minimum atomic E-state index is -2.86. The summed E-state index contributed by atoms with van der Waals surface area (Å²) >= 11 is 0. The van der Waals surface area contributed by atoms with Gasteiger partial charge in [0.1, 0.15) is 0 Å². The minimum absolute atomic E-state index is 0.129. The first-order chi connectivity index (χ1) is 8.83. The number of nitrogens with zero attached hydrogens (tertiary/aromatic N) is 2. The Balaban J connectivity index is 2.04. The van der Waals surface area contributed by atoms with Crippen molar-refractivity contribution in [2.24, 2.45) is 7.05 Å². The van der Waals surface area contributed by atoms with Crippen LogP contribution >= 0.6 is 0 Å². The van der Waals surface area contributed by atoms with Gasteiger partial charge in [-0.15, -0.1) is 0 Å². The zero-order valence-corrected chi connectivity index (χ0v) is 12.9. The predicted octanol–water partition coefficient (Wildman–Crippen LogP) is 1.26. The molecule has 2 unspecified atom stereocenters. The lowest BCUT2D eigenvalue weighted by Crippen LogP contribution is -2.32. The van der Waals surface area contributed by atoms with Crippen molar-refractivity contribution >= 4 is 9.84 Å². The van der Waals surface area contributed by atoms with E-state index >= 15 is 0 Å². The molecule has 2 atom stereocenters. The molecule has 0 spiro atoms. The van der Waals surface area contributed by atoms with Crippen molar-refractivity contribution in [3.05, 3.63) is 17.0 Å². The van der Waals surface area contributed by atoms with Crippen molar-refractivity contribution in [2.75, 3.05) is 12.3 Å². The maximum atomic E-state index is 11.8. The van der Waals surface area contributed by atoms with E-state index in [0.29, 0.717) is 12.3 Å². The van der Waals surface area contributed by atoms with Crippen LogP contribution in [-0.4, -0.2) is 35.7 Å². The van der Waals surface area contributed by atoms with Crippen LogP contribution in [0.2, 0.25) is 0 Å². The maximum Gasteiger partial charge on any atom is 0.154 e. The molecule has 0 saturated carbocycles. The molecular weight excluding hydrogens is 262 g/mol. The summed E-state index contributed by atoms with van der Waals surface area (Å²) < 4.78 is 25.5. The quantitative estimate of drug-likeness (QED) is 0.904. The van der Waals surface area contributed by atoms with Gasteiger partial charge < -0.3 is 5.32 Å². The second-order valence-electron chi connectivity index (χ2n) is 5.47. The van der Waals surface area contributed by atoms with Crippen LogP contribution in [0.15, 0.2) is 0 Å². The van der Waals surface area contributed by atoms with E-state index in [1.165, 1.54) is 5.56 Å².